The van der Waals surface area contributed by atoms with Gasteiger partial charge in [0.2, 0.25) is 10.0 Å². The van der Waals surface area contributed by atoms with Gasteiger partial charge in [-0.2, -0.15) is 4.31 Å². The lowest BCUT2D eigenvalue weighted by atomic mass is 10.0. The lowest BCUT2D eigenvalue weighted by Gasteiger charge is -2.26. The number of para-hydroxylation sites is 1. The van der Waals surface area contributed by atoms with Crippen molar-refractivity contribution in [2.75, 3.05) is 38.7 Å². The number of halogens is 1. The van der Waals surface area contributed by atoms with E-state index in [0.29, 0.717) is 35.4 Å². The maximum Gasteiger partial charge on any atom is 0.256 e. The summed E-state index contributed by atoms with van der Waals surface area (Å²) >= 11 is 6.42. The fraction of sp³-hybridized carbons (Fsp3) is 0.161. The van der Waals surface area contributed by atoms with Gasteiger partial charge in [0.25, 0.3) is 5.91 Å². The summed E-state index contributed by atoms with van der Waals surface area (Å²) in [7, 11) is -2.14. The second-order valence-corrected chi connectivity index (χ2v) is 12.0. The second kappa shape index (κ2) is 11.1. The predicted octanol–water partition coefficient (Wildman–Crippen LogP) is 5.99. The van der Waals surface area contributed by atoms with Crippen molar-refractivity contribution >= 4 is 54.9 Å². The molecule has 1 fully saturated rings. The van der Waals surface area contributed by atoms with E-state index in [1.54, 1.807) is 13.2 Å². The average Bonchev–Trinajstić information content (AvgIpc) is 3.01. The van der Waals surface area contributed by atoms with E-state index in [0.717, 1.165) is 22.1 Å². The molecule has 0 saturated carbocycles. The van der Waals surface area contributed by atoms with E-state index in [9.17, 15) is 13.2 Å². The number of fused-ring (bicyclic) bond motifs is 2. The van der Waals surface area contributed by atoms with Gasteiger partial charge in [0.05, 0.1) is 52.7 Å². The summed E-state index contributed by atoms with van der Waals surface area (Å²) in [5.74, 6) is 0.340. The number of aromatic nitrogens is 1. The number of carbonyl (C=O) groups excluding carboxylic acids is 1. The molecule has 0 unspecified atom stereocenters. The Morgan fingerprint density at radius 3 is 2.51 bits per heavy atom. The zero-order valence-electron chi connectivity index (χ0n) is 22.1. The summed E-state index contributed by atoms with van der Waals surface area (Å²) in [5, 5.41) is 5.75. The molecule has 0 atom stereocenters. The van der Waals surface area contributed by atoms with Crippen LogP contribution in [0.15, 0.2) is 89.8 Å². The number of ether oxygens (including phenoxy) is 2. The number of hydrogen-bond acceptors (Lipinski definition) is 6. The molecule has 2 heterocycles. The number of rotatable bonds is 6. The molecule has 10 heteroatoms. The predicted molar refractivity (Wildman–Crippen MR) is 160 cm³/mol. The van der Waals surface area contributed by atoms with E-state index in [2.05, 4.69) is 5.32 Å². The number of pyridine rings is 1. The molecular formula is C31H26ClN3O5S. The molecule has 1 N–H and O–H groups in total. The zero-order chi connectivity index (χ0) is 28.6. The molecule has 1 saturated heterocycles. The number of sulfonamides is 1. The third-order valence-corrected chi connectivity index (χ3v) is 9.32. The van der Waals surface area contributed by atoms with Crippen molar-refractivity contribution in [1.29, 1.82) is 0 Å². The minimum absolute atomic E-state index is 0.0483. The van der Waals surface area contributed by atoms with E-state index in [1.807, 2.05) is 60.7 Å². The normalized spacial score (nSPS) is 14.3. The van der Waals surface area contributed by atoms with Gasteiger partial charge in [-0.3, -0.25) is 4.79 Å². The quantitative estimate of drug-likeness (QED) is 0.262. The topological polar surface area (TPSA) is 97.8 Å². The van der Waals surface area contributed by atoms with Crippen molar-refractivity contribution in [2.24, 2.45) is 0 Å². The highest BCUT2D eigenvalue weighted by atomic mass is 35.5. The van der Waals surface area contributed by atoms with Crippen LogP contribution in [0.1, 0.15) is 10.4 Å². The molecule has 6 rings (SSSR count). The van der Waals surface area contributed by atoms with Crippen LogP contribution in [-0.2, 0) is 14.8 Å². The van der Waals surface area contributed by atoms with Crippen LogP contribution in [0.5, 0.6) is 5.75 Å². The molecule has 208 valence electrons. The molecule has 0 spiro atoms. The number of nitrogens with zero attached hydrogens (tertiary/aromatic N) is 2. The number of amides is 1. The fourth-order valence-corrected chi connectivity index (χ4v) is 6.51. The molecule has 1 aliphatic rings. The third-order valence-electron chi connectivity index (χ3n) is 7.10. The van der Waals surface area contributed by atoms with Gasteiger partial charge in [0.1, 0.15) is 5.75 Å². The third kappa shape index (κ3) is 5.37. The van der Waals surface area contributed by atoms with Crippen LogP contribution in [0.3, 0.4) is 0 Å². The Labute approximate surface area is 242 Å². The van der Waals surface area contributed by atoms with Crippen molar-refractivity contribution in [3.8, 4) is 17.0 Å². The molecule has 0 bridgehead atoms. The van der Waals surface area contributed by atoms with Gasteiger partial charge in [-0.15, -0.1) is 0 Å². The summed E-state index contributed by atoms with van der Waals surface area (Å²) < 4.78 is 38.4. The lowest BCUT2D eigenvalue weighted by molar-refractivity contribution is 0.0730. The highest BCUT2D eigenvalue weighted by Gasteiger charge is 2.27. The van der Waals surface area contributed by atoms with Crippen molar-refractivity contribution in [3.05, 3.63) is 95.5 Å². The van der Waals surface area contributed by atoms with Gasteiger partial charge in [-0.05, 0) is 59.3 Å². The molecule has 1 aliphatic heterocycles. The number of methoxy groups -OCH3 is 1. The van der Waals surface area contributed by atoms with E-state index < -0.39 is 15.9 Å². The first-order chi connectivity index (χ1) is 19.8. The Bertz CT molecular complexity index is 1910. The largest absolute Gasteiger partial charge is 0.497 e. The fourth-order valence-electron chi connectivity index (χ4n) is 4.91. The Kier molecular flexibility index (Phi) is 7.35. The molecule has 5 aromatic rings. The minimum Gasteiger partial charge on any atom is -0.497 e. The summed E-state index contributed by atoms with van der Waals surface area (Å²) in [5.41, 5.74) is 2.71. The highest BCUT2D eigenvalue weighted by Crippen LogP contribution is 2.31. The van der Waals surface area contributed by atoms with Crippen LogP contribution in [0, 0.1) is 0 Å². The number of anilines is 1. The van der Waals surface area contributed by atoms with Crippen LogP contribution in [0.25, 0.3) is 32.9 Å². The van der Waals surface area contributed by atoms with Crippen LogP contribution in [0.2, 0.25) is 5.02 Å². The van der Waals surface area contributed by atoms with Crippen molar-refractivity contribution in [2.45, 2.75) is 4.90 Å². The lowest BCUT2D eigenvalue weighted by Crippen LogP contribution is -2.40. The summed E-state index contributed by atoms with van der Waals surface area (Å²) in [6.45, 7) is 1.19. The number of morpholine rings is 1. The summed E-state index contributed by atoms with van der Waals surface area (Å²) in [4.78, 5) is 18.6. The van der Waals surface area contributed by atoms with E-state index in [4.69, 9.17) is 26.1 Å². The molecular weight excluding hydrogens is 562 g/mol. The SMILES string of the molecule is COc1ccc2cc(-c3cc(C(=O)Nc4cc(S(=O)(=O)N5CCOCC5)ccc4Cl)c4ccccc4n3)ccc2c1. The molecule has 0 radical (unpaired) electrons. The highest BCUT2D eigenvalue weighted by molar-refractivity contribution is 7.89. The van der Waals surface area contributed by atoms with Gasteiger partial charge >= 0.3 is 0 Å². The average molecular weight is 588 g/mol. The first kappa shape index (κ1) is 27.2. The van der Waals surface area contributed by atoms with E-state index in [-0.39, 0.29) is 28.7 Å². The Balaban J connectivity index is 1.37. The van der Waals surface area contributed by atoms with Crippen LogP contribution in [-0.4, -0.2) is 57.0 Å². The first-order valence-corrected chi connectivity index (χ1v) is 14.8. The maximum absolute atomic E-state index is 13.7. The Hall–Kier alpha value is -4.02. The Morgan fingerprint density at radius 1 is 0.951 bits per heavy atom. The maximum atomic E-state index is 13.7. The van der Waals surface area contributed by atoms with Crippen molar-refractivity contribution in [3.63, 3.8) is 0 Å². The first-order valence-electron chi connectivity index (χ1n) is 13.0. The summed E-state index contributed by atoms with van der Waals surface area (Å²) in [6, 6.07) is 25.2. The molecule has 8 nitrogen and oxygen atoms in total. The minimum atomic E-state index is -3.78. The monoisotopic (exact) mass is 587 g/mol. The van der Waals surface area contributed by atoms with E-state index >= 15 is 0 Å². The van der Waals surface area contributed by atoms with Gasteiger partial charge < -0.3 is 14.8 Å². The van der Waals surface area contributed by atoms with Gasteiger partial charge in [0, 0.05) is 24.0 Å². The van der Waals surface area contributed by atoms with Crippen LogP contribution in [0.4, 0.5) is 5.69 Å². The molecule has 41 heavy (non-hydrogen) atoms. The Morgan fingerprint density at radius 2 is 1.71 bits per heavy atom. The van der Waals surface area contributed by atoms with Gasteiger partial charge in [-0.1, -0.05) is 48.0 Å². The van der Waals surface area contributed by atoms with Crippen LogP contribution < -0.4 is 10.1 Å². The molecule has 1 amide bonds. The van der Waals surface area contributed by atoms with Crippen molar-refractivity contribution < 1.29 is 22.7 Å². The second-order valence-electron chi connectivity index (χ2n) is 9.61. The van der Waals surface area contributed by atoms with E-state index in [1.165, 1.54) is 22.5 Å². The van der Waals surface area contributed by atoms with Gasteiger partial charge in [-0.25, -0.2) is 13.4 Å². The van der Waals surface area contributed by atoms with Crippen molar-refractivity contribution in [1.82, 2.24) is 9.29 Å². The number of nitrogens with one attached hydrogen (secondary N) is 1. The molecule has 1 aromatic heterocycles. The zero-order valence-corrected chi connectivity index (χ0v) is 23.7. The van der Waals surface area contributed by atoms with Gasteiger partial charge in [0.15, 0.2) is 0 Å². The number of benzene rings is 4. The standard InChI is InChI=1S/C31H26ClN3O5S/c1-39-23-9-8-20-16-22(7-6-21(20)17-23)29-19-26(25-4-2-3-5-28(25)33-29)31(36)34-30-18-24(10-11-27(30)32)41(37,38)35-12-14-40-15-13-35/h2-11,16-19H,12-15H2,1H3,(H,34,36). The summed E-state index contributed by atoms with van der Waals surface area (Å²) in [6.07, 6.45) is 0. The molecule has 0 aliphatic carbocycles. The van der Waals surface area contributed by atoms with Crippen LogP contribution >= 0.6 is 11.6 Å². The number of hydrogen-bond donors (Lipinski definition) is 1. The number of carbonyl (C=O) groups is 1. The molecule has 4 aromatic carbocycles. The smallest absolute Gasteiger partial charge is 0.256 e.